The van der Waals surface area contributed by atoms with Crippen LogP contribution in [0.3, 0.4) is 0 Å². The minimum atomic E-state index is -0.501. The van der Waals surface area contributed by atoms with Crippen LogP contribution in [0.5, 0.6) is 5.75 Å². The Morgan fingerprint density at radius 1 is 1.09 bits per heavy atom. The van der Waals surface area contributed by atoms with Gasteiger partial charge in [-0.2, -0.15) is 0 Å². The van der Waals surface area contributed by atoms with E-state index in [1.165, 1.54) is 13.1 Å². The first-order valence-electron chi connectivity index (χ1n) is 11.5. The molecular formula is C25H29N5O5. The molecule has 0 aliphatic carbocycles. The molecule has 35 heavy (non-hydrogen) atoms. The normalized spacial score (nSPS) is 14.4. The van der Waals surface area contributed by atoms with Crippen LogP contribution in [0.1, 0.15) is 35.3 Å². The molecule has 2 heterocycles. The van der Waals surface area contributed by atoms with Gasteiger partial charge in [0.25, 0.3) is 17.0 Å². The topological polar surface area (TPSA) is 129 Å². The zero-order chi connectivity index (χ0) is 24.9. The molecule has 4 rings (SSSR count). The first-order valence-corrected chi connectivity index (χ1v) is 11.5. The van der Waals surface area contributed by atoms with Gasteiger partial charge in [-0.1, -0.05) is 43.3 Å². The number of aryl methyl sites for hydroxylation is 1. The summed E-state index contributed by atoms with van der Waals surface area (Å²) in [6.45, 7) is 3.69. The summed E-state index contributed by atoms with van der Waals surface area (Å²) in [5, 5.41) is 19.5. The third kappa shape index (κ3) is 5.07. The van der Waals surface area contributed by atoms with Crippen LogP contribution in [-0.4, -0.2) is 52.0 Å². The van der Waals surface area contributed by atoms with Crippen molar-refractivity contribution in [2.45, 2.75) is 19.4 Å². The summed E-state index contributed by atoms with van der Waals surface area (Å²) in [6.07, 6.45) is 0.660. The van der Waals surface area contributed by atoms with Gasteiger partial charge in [0.2, 0.25) is 0 Å². The maximum absolute atomic E-state index is 13.0. The molecule has 1 fully saturated rings. The van der Waals surface area contributed by atoms with Crippen molar-refractivity contribution in [1.29, 1.82) is 0 Å². The number of nitrogens with one attached hydrogen (secondary N) is 3. The third-order valence-electron chi connectivity index (χ3n) is 6.02. The molecule has 1 aliphatic rings. The second-order valence-electron chi connectivity index (χ2n) is 8.30. The van der Waals surface area contributed by atoms with E-state index in [4.69, 9.17) is 4.74 Å². The zero-order valence-corrected chi connectivity index (χ0v) is 19.7. The van der Waals surface area contributed by atoms with Gasteiger partial charge in [-0.05, 0) is 24.1 Å². The van der Waals surface area contributed by atoms with Crippen LogP contribution in [0.15, 0.2) is 58.1 Å². The van der Waals surface area contributed by atoms with Crippen molar-refractivity contribution in [1.82, 2.24) is 14.7 Å². The summed E-state index contributed by atoms with van der Waals surface area (Å²) in [4.78, 5) is 40.5. The number of morpholine rings is 1. The van der Waals surface area contributed by atoms with Crippen molar-refractivity contribution < 1.29 is 14.6 Å². The number of H-pyrrole nitrogens is 1. The highest BCUT2D eigenvalue weighted by molar-refractivity contribution is 5.99. The highest BCUT2D eigenvalue weighted by Crippen LogP contribution is 2.32. The number of carbonyl (C=O) groups excluding carboxylic acids is 1. The van der Waals surface area contributed by atoms with E-state index < -0.39 is 11.1 Å². The molecule has 1 amide bonds. The fraction of sp³-hybridized carbons (Fsp3) is 0.320. The van der Waals surface area contributed by atoms with Gasteiger partial charge >= 0.3 is 0 Å². The second-order valence-corrected chi connectivity index (χ2v) is 8.30. The summed E-state index contributed by atoms with van der Waals surface area (Å²) in [5.41, 5.74) is 0.224. The number of hydrogen-bond donors (Lipinski definition) is 4. The van der Waals surface area contributed by atoms with Gasteiger partial charge in [-0.25, -0.2) is 0 Å². The molecule has 1 aromatic heterocycles. The molecule has 4 N–H and O–H groups in total. The Hall–Kier alpha value is -4.05. The Balaban J connectivity index is 1.71. The SMILES string of the molecule is CC[C@@H](Nc1c(Nc2cccc(C(=O)N3CCOCC3)c2O)c(=O)n(C)[nH]c1=O)c1ccccc1. The lowest BCUT2D eigenvalue weighted by atomic mass is 10.0. The molecule has 0 radical (unpaired) electrons. The van der Waals surface area contributed by atoms with E-state index in [1.54, 1.807) is 17.0 Å². The van der Waals surface area contributed by atoms with Gasteiger partial charge in [-0.15, -0.1) is 0 Å². The van der Waals surface area contributed by atoms with Crippen LogP contribution in [0.2, 0.25) is 0 Å². The Morgan fingerprint density at radius 2 is 1.80 bits per heavy atom. The number of ether oxygens (including phenoxy) is 1. The molecule has 0 bridgehead atoms. The standard InChI is InChI=1S/C25H29N5O5/c1-3-18(16-8-5-4-6-9-16)26-20-21(25(34)29(2)28-23(20)32)27-19-11-7-10-17(22(19)31)24(33)30-12-14-35-15-13-30/h4-11,18,26-27,31H,3,12-15H2,1-2H3,(H,28,32)/t18-/m1/s1. The van der Waals surface area contributed by atoms with Gasteiger partial charge < -0.3 is 25.4 Å². The van der Waals surface area contributed by atoms with E-state index in [-0.39, 0.29) is 40.3 Å². The number of rotatable bonds is 7. The number of aromatic amines is 1. The van der Waals surface area contributed by atoms with Gasteiger partial charge in [0, 0.05) is 20.1 Å². The number of amides is 1. The smallest absolute Gasteiger partial charge is 0.290 e. The second kappa shape index (κ2) is 10.5. The van der Waals surface area contributed by atoms with Gasteiger partial charge in [0.05, 0.1) is 30.5 Å². The quantitative estimate of drug-likeness (QED) is 0.383. The van der Waals surface area contributed by atoms with Crippen molar-refractivity contribution in [2.75, 3.05) is 36.9 Å². The van der Waals surface area contributed by atoms with E-state index in [9.17, 15) is 19.5 Å². The number of carbonyl (C=O) groups is 1. The molecule has 10 heteroatoms. The summed E-state index contributed by atoms with van der Waals surface area (Å²) in [7, 11) is 1.44. The molecule has 0 spiro atoms. The number of aromatic nitrogens is 2. The van der Waals surface area contributed by atoms with Crippen LogP contribution >= 0.6 is 0 Å². The van der Waals surface area contributed by atoms with Crippen molar-refractivity contribution in [3.05, 3.63) is 80.4 Å². The number of nitrogens with zero attached hydrogens (tertiary/aromatic N) is 2. The van der Waals surface area contributed by atoms with Crippen LogP contribution in [-0.2, 0) is 11.8 Å². The van der Waals surface area contributed by atoms with E-state index in [0.717, 1.165) is 10.2 Å². The van der Waals surface area contributed by atoms with Crippen LogP contribution in [0.4, 0.5) is 17.1 Å². The highest BCUT2D eigenvalue weighted by Gasteiger charge is 2.24. The fourth-order valence-electron chi connectivity index (χ4n) is 4.07. The van der Waals surface area contributed by atoms with E-state index >= 15 is 0 Å². The first kappa shape index (κ1) is 24.1. The maximum Gasteiger partial charge on any atom is 0.290 e. The molecule has 2 aromatic carbocycles. The number of phenols is 1. The van der Waals surface area contributed by atoms with E-state index in [0.29, 0.717) is 32.7 Å². The molecule has 1 atom stereocenters. The average Bonchev–Trinajstić information content (AvgIpc) is 2.88. The number of benzene rings is 2. The first-order chi connectivity index (χ1) is 16.9. The van der Waals surface area contributed by atoms with E-state index in [2.05, 4.69) is 15.7 Å². The molecule has 1 aliphatic heterocycles. The van der Waals surface area contributed by atoms with Crippen LogP contribution in [0, 0.1) is 0 Å². The van der Waals surface area contributed by atoms with Crippen LogP contribution < -0.4 is 21.8 Å². The summed E-state index contributed by atoms with van der Waals surface area (Å²) in [6, 6.07) is 14.0. The largest absolute Gasteiger partial charge is 0.505 e. The lowest BCUT2D eigenvalue weighted by Gasteiger charge is -2.27. The minimum Gasteiger partial charge on any atom is -0.505 e. The third-order valence-corrected chi connectivity index (χ3v) is 6.02. The molecule has 184 valence electrons. The van der Waals surface area contributed by atoms with Gasteiger partial charge in [0.15, 0.2) is 5.75 Å². The summed E-state index contributed by atoms with van der Waals surface area (Å²) in [5.74, 6) is -0.630. The molecule has 0 saturated carbocycles. The number of aromatic hydroxyl groups is 1. The Labute approximate surface area is 202 Å². The van der Waals surface area contributed by atoms with Crippen molar-refractivity contribution in [2.24, 2.45) is 7.05 Å². The lowest BCUT2D eigenvalue weighted by molar-refractivity contribution is 0.0301. The highest BCUT2D eigenvalue weighted by atomic mass is 16.5. The summed E-state index contributed by atoms with van der Waals surface area (Å²) < 4.78 is 6.36. The van der Waals surface area contributed by atoms with Crippen molar-refractivity contribution in [3.63, 3.8) is 0 Å². The Kier molecular flexibility index (Phi) is 7.21. The Bertz CT molecular complexity index is 1310. The molecule has 3 aromatic rings. The summed E-state index contributed by atoms with van der Waals surface area (Å²) >= 11 is 0. The number of anilines is 3. The predicted octanol–water partition coefficient (Wildman–Crippen LogP) is 2.56. The predicted molar refractivity (Wildman–Crippen MR) is 134 cm³/mol. The molecular weight excluding hydrogens is 450 g/mol. The molecule has 0 unspecified atom stereocenters. The molecule has 10 nitrogen and oxygen atoms in total. The fourth-order valence-corrected chi connectivity index (χ4v) is 4.07. The molecule has 1 saturated heterocycles. The number of hydrogen-bond acceptors (Lipinski definition) is 7. The minimum absolute atomic E-state index is 0.0306. The monoisotopic (exact) mass is 479 g/mol. The number of phenolic OH excluding ortho intramolecular Hbond substituents is 1. The van der Waals surface area contributed by atoms with E-state index in [1.807, 2.05) is 37.3 Å². The lowest BCUT2D eigenvalue weighted by Crippen LogP contribution is -2.40. The number of para-hydroxylation sites is 1. The Morgan fingerprint density at radius 3 is 2.49 bits per heavy atom. The zero-order valence-electron chi connectivity index (χ0n) is 19.7. The van der Waals surface area contributed by atoms with Crippen molar-refractivity contribution >= 4 is 23.0 Å². The van der Waals surface area contributed by atoms with Gasteiger partial charge in [0.1, 0.15) is 11.4 Å². The van der Waals surface area contributed by atoms with Crippen molar-refractivity contribution in [3.8, 4) is 5.75 Å². The maximum atomic E-state index is 13.0. The average molecular weight is 480 g/mol. The van der Waals surface area contributed by atoms with Crippen LogP contribution in [0.25, 0.3) is 0 Å². The van der Waals surface area contributed by atoms with Gasteiger partial charge in [-0.3, -0.25) is 24.2 Å².